The van der Waals surface area contributed by atoms with Gasteiger partial charge in [0.05, 0.1) is 5.92 Å². The number of thioether (sulfide) groups is 1. The standard InChI is InChI=1S/C9H14N2O4S/c1-5(8(13)14)3-11(2)7(12)6-4-16-9(15)10-6/h5-6H,3-4H2,1-2H3,(H,10,15)(H,13,14). The van der Waals surface area contributed by atoms with E-state index < -0.39 is 17.9 Å². The van der Waals surface area contributed by atoms with E-state index in [-0.39, 0.29) is 17.7 Å². The number of aliphatic carboxylic acids is 1. The van der Waals surface area contributed by atoms with Gasteiger partial charge in [-0.3, -0.25) is 14.4 Å². The lowest BCUT2D eigenvalue weighted by Crippen LogP contribution is -2.45. The largest absolute Gasteiger partial charge is 0.481 e. The van der Waals surface area contributed by atoms with Gasteiger partial charge in [-0.05, 0) is 0 Å². The maximum atomic E-state index is 11.8. The van der Waals surface area contributed by atoms with Crippen LogP contribution >= 0.6 is 11.8 Å². The second-order valence-corrected chi connectivity index (χ2v) is 4.75. The van der Waals surface area contributed by atoms with Crippen molar-refractivity contribution in [3.05, 3.63) is 0 Å². The summed E-state index contributed by atoms with van der Waals surface area (Å²) in [7, 11) is 1.54. The van der Waals surface area contributed by atoms with Crippen LogP contribution in [-0.4, -0.2) is 52.5 Å². The number of carbonyl (C=O) groups is 3. The van der Waals surface area contributed by atoms with Crippen molar-refractivity contribution in [2.45, 2.75) is 13.0 Å². The molecule has 90 valence electrons. The molecule has 1 rings (SSSR count). The van der Waals surface area contributed by atoms with Crippen LogP contribution in [0.1, 0.15) is 6.92 Å². The van der Waals surface area contributed by atoms with E-state index in [1.807, 2.05) is 0 Å². The van der Waals surface area contributed by atoms with Gasteiger partial charge in [0, 0.05) is 19.3 Å². The summed E-state index contributed by atoms with van der Waals surface area (Å²) in [6.07, 6.45) is 0. The van der Waals surface area contributed by atoms with Gasteiger partial charge in [0.2, 0.25) is 5.91 Å². The van der Waals surface area contributed by atoms with Crippen molar-refractivity contribution in [2.24, 2.45) is 5.92 Å². The lowest BCUT2D eigenvalue weighted by atomic mass is 10.1. The maximum absolute atomic E-state index is 11.8. The molecular weight excluding hydrogens is 232 g/mol. The van der Waals surface area contributed by atoms with Crippen LogP contribution in [0, 0.1) is 5.92 Å². The molecule has 1 saturated heterocycles. The van der Waals surface area contributed by atoms with E-state index in [9.17, 15) is 14.4 Å². The second kappa shape index (κ2) is 5.20. The van der Waals surface area contributed by atoms with Crippen LogP contribution in [-0.2, 0) is 9.59 Å². The number of hydrogen-bond acceptors (Lipinski definition) is 4. The SMILES string of the molecule is CC(CN(C)C(=O)C1CSC(=O)N1)C(=O)O. The highest BCUT2D eigenvalue weighted by Gasteiger charge is 2.31. The number of carbonyl (C=O) groups excluding carboxylic acids is 2. The molecule has 6 nitrogen and oxygen atoms in total. The summed E-state index contributed by atoms with van der Waals surface area (Å²) in [5.74, 6) is -1.39. The fourth-order valence-electron chi connectivity index (χ4n) is 1.36. The second-order valence-electron chi connectivity index (χ2n) is 3.75. The zero-order valence-corrected chi connectivity index (χ0v) is 9.91. The van der Waals surface area contributed by atoms with E-state index in [1.165, 1.54) is 18.9 Å². The fourth-order valence-corrected chi connectivity index (χ4v) is 2.13. The Morgan fingerprint density at radius 3 is 2.75 bits per heavy atom. The highest BCUT2D eigenvalue weighted by Crippen LogP contribution is 2.14. The summed E-state index contributed by atoms with van der Waals surface area (Å²) in [4.78, 5) is 34.6. The average Bonchev–Trinajstić information content (AvgIpc) is 2.63. The van der Waals surface area contributed by atoms with Crippen molar-refractivity contribution in [1.82, 2.24) is 10.2 Å². The zero-order valence-electron chi connectivity index (χ0n) is 9.10. The summed E-state index contributed by atoms with van der Waals surface area (Å²) in [5, 5.41) is 11.0. The Morgan fingerprint density at radius 2 is 2.31 bits per heavy atom. The molecule has 1 fully saturated rings. The van der Waals surface area contributed by atoms with E-state index in [0.29, 0.717) is 5.75 Å². The molecule has 1 aliphatic heterocycles. The fraction of sp³-hybridized carbons (Fsp3) is 0.667. The first-order valence-electron chi connectivity index (χ1n) is 4.83. The minimum absolute atomic E-state index is 0.144. The van der Waals surface area contributed by atoms with Crippen molar-refractivity contribution < 1.29 is 19.5 Å². The predicted molar refractivity (Wildman–Crippen MR) is 59.2 cm³/mol. The Balaban J connectivity index is 2.47. The van der Waals surface area contributed by atoms with Gasteiger partial charge in [0.25, 0.3) is 5.24 Å². The first-order chi connectivity index (χ1) is 7.41. The van der Waals surface area contributed by atoms with Crippen molar-refractivity contribution in [3.8, 4) is 0 Å². The Kier molecular flexibility index (Phi) is 4.17. The number of carboxylic acid groups (broad SMARTS) is 1. The number of nitrogens with zero attached hydrogens (tertiary/aromatic N) is 1. The average molecular weight is 246 g/mol. The summed E-state index contributed by atoms with van der Waals surface area (Å²) in [5.41, 5.74) is 0. The molecule has 0 aliphatic carbocycles. The monoisotopic (exact) mass is 246 g/mol. The smallest absolute Gasteiger partial charge is 0.308 e. The lowest BCUT2D eigenvalue weighted by Gasteiger charge is -2.22. The van der Waals surface area contributed by atoms with Gasteiger partial charge >= 0.3 is 5.97 Å². The van der Waals surface area contributed by atoms with E-state index in [4.69, 9.17) is 5.11 Å². The van der Waals surface area contributed by atoms with Gasteiger partial charge in [0.15, 0.2) is 0 Å². The molecule has 1 heterocycles. The van der Waals surface area contributed by atoms with Gasteiger partial charge in [-0.15, -0.1) is 0 Å². The van der Waals surface area contributed by atoms with Crippen LogP contribution < -0.4 is 5.32 Å². The highest BCUT2D eigenvalue weighted by atomic mass is 32.2. The summed E-state index contributed by atoms with van der Waals surface area (Å²) < 4.78 is 0. The molecule has 0 aromatic heterocycles. The van der Waals surface area contributed by atoms with Gasteiger partial charge < -0.3 is 15.3 Å². The third-order valence-corrected chi connectivity index (χ3v) is 3.20. The van der Waals surface area contributed by atoms with E-state index in [1.54, 1.807) is 0 Å². The molecule has 1 aliphatic rings. The summed E-state index contributed by atoms with van der Waals surface area (Å²) in [6.45, 7) is 1.68. The van der Waals surface area contributed by atoms with Crippen molar-refractivity contribution in [1.29, 1.82) is 0 Å². The number of nitrogens with one attached hydrogen (secondary N) is 1. The Morgan fingerprint density at radius 1 is 1.69 bits per heavy atom. The number of likely N-dealkylation sites (N-methyl/N-ethyl adjacent to an activating group) is 1. The molecule has 0 bridgehead atoms. The molecule has 0 radical (unpaired) electrons. The number of carboxylic acids is 1. The normalized spacial score (nSPS) is 21.4. The molecule has 2 amide bonds. The van der Waals surface area contributed by atoms with E-state index in [0.717, 1.165) is 11.8 Å². The molecule has 16 heavy (non-hydrogen) atoms. The van der Waals surface area contributed by atoms with Gasteiger partial charge in [0.1, 0.15) is 6.04 Å². The van der Waals surface area contributed by atoms with Gasteiger partial charge in [-0.2, -0.15) is 0 Å². The molecule has 0 saturated carbocycles. The molecule has 0 aromatic carbocycles. The zero-order chi connectivity index (χ0) is 12.3. The van der Waals surface area contributed by atoms with Crippen LogP contribution in [0.5, 0.6) is 0 Å². The van der Waals surface area contributed by atoms with Gasteiger partial charge in [-0.25, -0.2) is 0 Å². The number of amides is 2. The maximum Gasteiger partial charge on any atom is 0.308 e. The first-order valence-corrected chi connectivity index (χ1v) is 5.81. The van der Waals surface area contributed by atoms with Crippen LogP contribution in [0.2, 0.25) is 0 Å². The van der Waals surface area contributed by atoms with E-state index in [2.05, 4.69) is 5.32 Å². The third-order valence-electron chi connectivity index (χ3n) is 2.32. The van der Waals surface area contributed by atoms with Crippen molar-refractivity contribution >= 4 is 28.9 Å². The minimum Gasteiger partial charge on any atom is -0.481 e. The van der Waals surface area contributed by atoms with Gasteiger partial charge in [-0.1, -0.05) is 18.7 Å². The molecular formula is C9H14N2O4S. The molecule has 2 unspecified atom stereocenters. The Bertz CT molecular complexity index is 321. The van der Waals surface area contributed by atoms with Crippen molar-refractivity contribution in [3.63, 3.8) is 0 Å². The summed E-state index contributed by atoms with van der Waals surface area (Å²) in [6, 6.07) is -0.525. The molecule has 7 heteroatoms. The Labute approximate surface area is 97.4 Å². The molecule has 2 N–H and O–H groups in total. The molecule has 0 spiro atoms. The van der Waals surface area contributed by atoms with Crippen LogP contribution in [0.4, 0.5) is 4.79 Å². The van der Waals surface area contributed by atoms with E-state index >= 15 is 0 Å². The number of rotatable bonds is 4. The first kappa shape index (κ1) is 12.8. The third kappa shape index (κ3) is 3.13. The summed E-state index contributed by atoms with van der Waals surface area (Å²) >= 11 is 1.06. The highest BCUT2D eigenvalue weighted by molar-refractivity contribution is 8.14. The molecule has 0 aromatic rings. The topological polar surface area (TPSA) is 86.7 Å². The van der Waals surface area contributed by atoms with Crippen LogP contribution in [0.3, 0.4) is 0 Å². The van der Waals surface area contributed by atoms with Crippen molar-refractivity contribution in [2.75, 3.05) is 19.3 Å². The predicted octanol–water partition coefficient (Wildman–Crippen LogP) is -0.00950. The Hall–Kier alpha value is -1.24. The van der Waals surface area contributed by atoms with Crippen LogP contribution in [0.25, 0.3) is 0 Å². The van der Waals surface area contributed by atoms with Crippen LogP contribution in [0.15, 0.2) is 0 Å². The minimum atomic E-state index is -0.940. The quantitative estimate of drug-likeness (QED) is 0.728. The number of hydrogen-bond donors (Lipinski definition) is 2. The molecule has 2 atom stereocenters. The lowest BCUT2D eigenvalue weighted by molar-refractivity contribution is -0.142.